The molecule has 0 bridgehead atoms. The van der Waals surface area contributed by atoms with Crippen LogP contribution in [0.2, 0.25) is 0 Å². The van der Waals surface area contributed by atoms with Crippen LogP contribution < -0.4 is 10.1 Å². The van der Waals surface area contributed by atoms with Crippen molar-refractivity contribution in [2.75, 3.05) is 12.4 Å². The van der Waals surface area contributed by atoms with E-state index in [0.717, 1.165) is 44.4 Å². The van der Waals surface area contributed by atoms with Gasteiger partial charge < -0.3 is 14.8 Å². The number of benzene rings is 2. The van der Waals surface area contributed by atoms with E-state index in [9.17, 15) is 4.79 Å². The van der Waals surface area contributed by atoms with Gasteiger partial charge in [0.05, 0.1) is 17.1 Å². The Hall–Kier alpha value is -2.40. The SMILES string of the molecule is COc1ccc(CNc2nc3cc(CC=O)ccc3cc2Br)cc1. The number of carbonyl (C=O) groups is 1. The van der Waals surface area contributed by atoms with Crippen molar-refractivity contribution in [2.24, 2.45) is 0 Å². The third-order valence-corrected chi connectivity index (χ3v) is 4.38. The number of hydrogen-bond donors (Lipinski definition) is 1. The molecule has 0 fully saturated rings. The first-order chi connectivity index (χ1) is 11.7. The lowest BCUT2D eigenvalue weighted by Crippen LogP contribution is -2.02. The largest absolute Gasteiger partial charge is 0.497 e. The van der Waals surface area contributed by atoms with Gasteiger partial charge in [-0.1, -0.05) is 24.3 Å². The first-order valence-electron chi connectivity index (χ1n) is 7.59. The molecule has 1 aromatic heterocycles. The van der Waals surface area contributed by atoms with E-state index in [1.54, 1.807) is 7.11 Å². The molecule has 1 N–H and O–H groups in total. The van der Waals surface area contributed by atoms with E-state index < -0.39 is 0 Å². The van der Waals surface area contributed by atoms with Gasteiger partial charge in [-0.25, -0.2) is 4.98 Å². The number of nitrogens with one attached hydrogen (secondary N) is 1. The molecule has 0 aliphatic carbocycles. The number of nitrogens with zero attached hydrogens (tertiary/aromatic N) is 1. The highest BCUT2D eigenvalue weighted by Crippen LogP contribution is 2.26. The Bertz CT molecular complexity index is 863. The molecule has 0 saturated carbocycles. The van der Waals surface area contributed by atoms with Crippen LogP contribution in [0.5, 0.6) is 5.75 Å². The number of rotatable bonds is 6. The number of aldehydes is 1. The Morgan fingerprint density at radius 2 is 1.88 bits per heavy atom. The summed E-state index contributed by atoms with van der Waals surface area (Å²) in [4.78, 5) is 15.4. The molecule has 0 spiro atoms. The molecule has 0 aliphatic rings. The standard InChI is InChI=1S/C19H17BrN2O2/c1-24-16-6-3-14(4-7-16)12-21-19-17(20)11-15-5-2-13(8-9-23)10-18(15)22-19/h2-7,9-11H,8,12H2,1H3,(H,21,22). The number of pyridine rings is 1. The van der Waals surface area contributed by atoms with Gasteiger partial charge in [-0.3, -0.25) is 0 Å². The lowest BCUT2D eigenvalue weighted by atomic mass is 10.1. The quantitative estimate of drug-likeness (QED) is 0.641. The maximum Gasteiger partial charge on any atom is 0.141 e. The predicted molar refractivity (Wildman–Crippen MR) is 99.5 cm³/mol. The molecule has 0 saturated heterocycles. The highest BCUT2D eigenvalue weighted by Gasteiger charge is 2.06. The molecule has 4 nitrogen and oxygen atoms in total. The van der Waals surface area contributed by atoms with Gasteiger partial charge in [0.25, 0.3) is 0 Å². The zero-order valence-corrected chi connectivity index (χ0v) is 14.8. The fourth-order valence-corrected chi connectivity index (χ4v) is 2.94. The van der Waals surface area contributed by atoms with E-state index in [4.69, 9.17) is 4.74 Å². The summed E-state index contributed by atoms with van der Waals surface area (Å²) in [6, 6.07) is 15.8. The Kier molecular flexibility index (Phi) is 5.11. The van der Waals surface area contributed by atoms with Crippen LogP contribution in [0, 0.1) is 0 Å². The number of methoxy groups -OCH3 is 1. The van der Waals surface area contributed by atoms with E-state index in [0.29, 0.717) is 13.0 Å². The smallest absolute Gasteiger partial charge is 0.141 e. The van der Waals surface area contributed by atoms with Gasteiger partial charge in [-0.15, -0.1) is 0 Å². The molecule has 0 amide bonds. The Morgan fingerprint density at radius 1 is 1.12 bits per heavy atom. The number of aromatic nitrogens is 1. The Balaban J connectivity index is 1.81. The molecule has 5 heteroatoms. The van der Waals surface area contributed by atoms with Crippen molar-refractivity contribution in [3.63, 3.8) is 0 Å². The van der Waals surface area contributed by atoms with Crippen LogP contribution in [0.3, 0.4) is 0 Å². The summed E-state index contributed by atoms with van der Waals surface area (Å²) in [6.07, 6.45) is 1.31. The topological polar surface area (TPSA) is 51.2 Å². The molecule has 3 rings (SSSR count). The van der Waals surface area contributed by atoms with Crippen molar-refractivity contribution < 1.29 is 9.53 Å². The van der Waals surface area contributed by atoms with Gasteiger partial charge in [0.15, 0.2) is 0 Å². The summed E-state index contributed by atoms with van der Waals surface area (Å²) in [7, 11) is 1.65. The van der Waals surface area contributed by atoms with Crippen molar-refractivity contribution in [1.29, 1.82) is 0 Å². The van der Waals surface area contributed by atoms with Gasteiger partial charge in [0, 0.05) is 18.4 Å². The second-order valence-electron chi connectivity index (χ2n) is 5.42. The summed E-state index contributed by atoms with van der Waals surface area (Å²) in [5.41, 5.74) is 2.97. The van der Waals surface area contributed by atoms with E-state index in [1.807, 2.05) is 48.5 Å². The van der Waals surface area contributed by atoms with E-state index in [1.165, 1.54) is 0 Å². The third kappa shape index (κ3) is 3.74. The van der Waals surface area contributed by atoms with Crippen LogP contribution in [0.15, 0.2) is 53.0 Å². The average molecular weight is 385 g/mol. The second kappa shape index (κ2) is 7.45. The normalized spacial score (nSPS) is 10.6. The van der Waals surface area contributed by atoms with Crippen LogP contribution in [0.1, 0.15) is 11.1 Å². The number of halogens is 1. The molecule has 0 radical (unpaired) electrons. The van der Waals surface area contributed by atoms with Crippen LogP contribution in [-0.2, 0) is 17.8 Å². The van der Waals surface area contributed by atoms with E-state index in [2.05, 4.69) is 26.2 Å². The molecule has 0 aliphatic heterocycles. The fourth-order valence-electron chi connectivity index (χ4n) is 2.46. The van der Waals surface area contributed by atoms with Crippen LogP contribution >= 0.6 is 15.9 Å². The summed E-state index contributed by atoms with van der Waals surface area (Å²) in [6.45, 7) is 0.662. The highest BCUT2D eigenvalue weighted by atomic mass is 79.9. The van der Waals surface area contributed by atoms with Gasteiger partial charge in [-0.2, -0.15) is 0 Å². The monoisotopic (exact) mass is 384 g/mol. The average Bonchev–Trinajstić information content (AvgIpc) is 2.61. The van der Waals surface area contributed by atoms with Crippen LogP contribution in [0.4, 0.5) is 5.82 Å². The minimum absolute atomic E-state index is 0.405. The molecular formula is C19H17BrN2O2. The molecule has 1 heterocycles. The molecule has 24 heavy (non-hydrogen) atoms. The third-order valence-electron chi connectivity index (χ3n) is 3.77. The summed E-state index contributed by atoms with van der Waals surface area (Å²) < 4.78 is 6.07. The lowest BCUT2D eigenvalue weighted by Gasteiger charge is -2.10. The zero-order chi connectivity index (χ0) is 16.9. The van der Waals surface area contributed by atoms with Gasteiger partial charge in [-0.05, 0) is 51.3 Å². The molecule has 2 aromatic carbocycles. The molecule has 3 aromatic rings. The second-order valence-corrected chi connectivity index (χ2v) is 6.27. The number of ether oxygens (including phenoxy) is 1. The van der Waals surface area contributed by atoms with E-state index >= 15 is 0 Å². The number of fused-ring (bicyclic) bond motifs is 1. The van der Waals surface area contributed by atoms with Crippen molar-refractivity contribution in [2.45, 2.75) is 13.0 Å². The van der Waals surface area contributed by atoms with E-state index in [-0.39, 0.29) is 0 Å². The van der Waals surface area contributed by atoms with Crippen molar-refractivity contribution in [3.8, 4) is 5.75 Å². The lowest BCUT2D eigenvalue weighted by molar-refractivity contribution is -0.107. The minimum Gasteiger partial charge on any atom is -0.497 e. The fraction of sp³-hybridized carbons (Fsp3) is 0.158. The number of anilines is 1. The van der Waals surface area contributed by atoms with Crippen molar-refractivity contribution >= 4 is 38.9 Å². The molecule has 0 atom stereocenters. The Morgan fingerprint density at radius 3 is 2.58 bits per heavy atom. The van der Waals surface area contributed by atoms with Gasteiger partial charge in [0.1, 0.15) is 17.9 Å². The first kappa shape index (κ1) is 16.5. The molecular weight excluding hydrogens is 368 g/mol. The number of carbonyl (C=O) groups excluding carboxylic acids is 1. The van der Waals surface area contributed by atoms with Crippen LogP contribution in [-0.4, -0.2) is 18.4 Å². The molecule has 0 unspecified atom stereocenters. The van der Waals surface area contributed by atoms with Gasteiger partial charge >= 0.3 is 0 Å². The van der Waals surface area contributed by atoms with Crippen LogP contribution in [0.25, 0.3) is 10.9 Å². The van der Waals surface area contributed by atoms with Gasteiger partial charge in [0.2, 0.25) is 0 Å². The highest BCUT2D eigenvalue weighted by molar-refractivity contribution is 9.10. The first-order valence-corrected chi connectivity index (χ1v) is 8.38. The van der Waals surface area contributed by atoms with Crippen molar-refractivity contribution in [3.05, 3.63) is 64.1 Å². The summed E-state index contributed by atoms with van der Waals surface area (Å²) >= 11 is 3.56. The summed E-state index contributed by atoms with van der Waals surface area (Å²) in [5.74, 6) is 1.62. The zero-order valence-electron chi connectivity index (χ0n) is 13.3. The Labute approximate surface area is 149 Å². The maximum absolute atomic E-state index is 10.7. The molecule has 122 valence electrons. The predicted octanol–water partition coefficient (Wildman–Crippen LogP) is 4.36. The number of hydrogen-bond acceptors (Lipinski definition) is 4. The van der Waals surface area contributed by atoms with Crippen molar-refractivity contribution in [1.82, 2.24) is 4.98 Å². The maximum atomic E-state index is 10.7. The summed E-state index contributed by atoms with van der Waals surface area (Å²) in [5, 5.41) is 4.38. The minimum atomic E-state index is 0.405.